The second-order valence-electron chi connectivity index (χ2n) is 8.05. The van der Waals surface area contributed by atoms with Gasteiger partial charge >= 0.3 is 6.18 Å². The monoisotopic (exact) mass is 489 g/mol. The van der Waals surface area contributed by atoms with Gasteiger partial charge in [0.1, 0.15) is 0 Å². The average molecular weight is 489 g/mol. The molecule has 0 saturated carbocycles. The van der Waals surface area contributed by atoms with Crippen LogP contribution in [0, 0.1) is 0 Å². The molecule has 0 unspecified atom stereocenters. The highest BCUT2D eigenvalue weighted by Gasteiger charge is 2.30. The third kappa shape index (κ3) is 6.35. The molecule has 0 fully saturated rings. The summed E-state index contributed by atoms with van der Waals surface area (Å²) in [4.78, 5) is 29.3. The molecule has 182 valence electrons. The number of nitrogens with one attached hydrogen (secondary N) is 2. The van der Waals surface area contributed by atoms with Crippen molar-refractivity contribution in [3.63, 3.8) is 0 Å². The molecule has 2 N–H and O–H groups in total. The van der Waals surface area contributed by atoms with Gasteiger partial charge in [-0.05, 0) is 59.2 Å². The predicted molar refractivity (Wildman–Crippen MR) is 131 cm³/mol. The van der Waals surface area contributed by atoms with E-state index >= 15 is 0 Å². The van der Waals surface area contributed by atoms with Gasteiger partial charge in [-0.2, -0.15) is 13.2 Å². The smallest absolute Gasteiger partial charge is 0.350 e. The fourth-order valence-corrected chi connectivity index (χ4v) is 3.62. The molecule has 0 aliphatic rings. The summed E-state index contributed by atoms with van der Waals surface area (Å²) in [5.74, 6) is -0.547. The number of benzene rings is 3. The zero-order valence-electron chi connectivity index (χ0n) is 19.0. The third-order valence-corrected chi connectivity index (χ3v) is 5.46. The summed E-state index contributed by atoms with van der Waals surface area (Å²) >= 11 is 0. The third-order valence-electron chi connectivity index (χ3n) is 5.46. The number of amides is 2. The van der Waals surface area contributed by atoms with E-state index in [0.29, 0.717) is 28.9 Å². The molecule has 2 amide bonds. The number of nitrogens with zero attached hydrogens (tertiary/aromatic N) is 1. The Morgan fingerprint density at radius 3 is 2.17 bits per heavy atom. The van der Waals surface area contributed by atoms with Crippen molar-refractivity contribution in [2.45, 2.75) is 19.1 Å². The molecule has 1 aromatic heterocycles. The van der Waals surface area contributed by atoms with Crippen LogP contribution >= 0.6 is 0 Å². The Hall–Kier alpha value is -4.46. The first-order valence-electron chi connectivity index (χ1n) is 11.1. The van der Waals surface area contributed by atoms with Crippen molar-refractivity contribution in [2.24, 2.45) is 0 Å². The lowest BCUT2D eigenvalue weighted by molar-refractivity contribution is -0.137. The summed E-state index contributed by atoms with van der Waals surface area (Å²) < 4.78 is 38.7. The number of anilines is 1. The van der Waals surface area contributed by atoms with Crippen LogP contribution in [0.25, 0.3) is 11.1 Å². The molecule has 5 nitrogen and oxygen atoms in total. The Balaban J connectivity index is 1.39. The van der Waals surface area contributed by atoms with Crippen LogP contribution in [-0.4, -0.2) is 16.8 Å². The molecule has 0 spiro atoms. The first-order chi connectivity index (χ1) is 17.3. The van der Waals surface area contributed by atoms with Gasteiger partial charge < -0.3 is 10.6 Å². The zero-order valence-corrected chi connectivity index (χ0v) is 19.0. The van der Waals surface area contributed by atoms with Crippen LogP contribution in [0.1, 0.15) is 27.2 Å². The number of halogens is 3. The summed E-state index contributed by atoms with van der Waals surface area (Å²) in [5, 5.41) is 5.62. The summed E-state index contributed by atoms with van der Waals surface area (Å²) in [7, 11) is 0. The normalized spacial score (nSPS) is 11.1. The summed E-state index contributed by atoms with van der Waals surface area (Å²) in [6.07, 6.45) is -2.59. The van der Waals surface area contributed by atoms with E-state index in [1.807, 2.05) is 12.1 Å². The second-order valence-corrected chi connectivity index (χ2v) is 8.05. The van der Waals surface area contributed by atoms with Crippen LogP contribution < -0.4 is 10.6 Å². The van der Waals surface area contributed by atoms with Crippen molar-refractivity contribution in [1.29, 1.82) is 0 Å². The molecule has 0 radical (unpaired) electrons. The lowest BCUT2D eigenvalue weighted by atomic mass is 9.98. The van der Waals surface area contributed by atoms with Gasteiger partial charge in [0, 0.05) is 17.4 Å². The van der Waals surface area contributed by atoms with E-state index in [1.54, 1.807) is 60.8 Å². The number of aromatic nitrogens is 1. The van der Waals surface area contributed by atoms with Crippen LogP contribution in [0.3, 0.4) is 0 Å². The van der Waals surface area contributed by atoms with E-state index < -0.39 is 17.6 Å². The molecule has 4 rings (SSSR count). The van der Waals surface area contributed by atoms with Gasteiger partial charge in [-0.15, -0.1) is 0 Å². The van der Waals surface area contributed by atoms with Crippen molar-refractivity contribution in [3.8, 4) is 11.1 Å². The van der Waals surface area contributed by atoms with Crippen LogP contribution in [0.2, 0.25) is 0 Å². The van der Waals surface area contributed by atoms with Crippen LogP contribution in [0.4, 0.5) is 18.9 Å². The van der Waals surface area contributed by atoms with E-state index in [0.717, 1.165) is 23.4 Å². The maximum Gasteiger partial charge on any atom is 0.416 e. The molecule has 0 aliphatic carbocycles. The molecule has 0 aliphatic heterocycles. The Morgan fingerprint density at radius 1 is 0.806 bits per heavy atom. The van der Waals surface area contributed by atoms with Gasteiger partial charge in [0.25, 0.3) is 5.91 Å². The Labute approximate surface area is 206 Å². The van der Waals surface area contributed by atoms with E-state index in [1.165, 1.54) is 12.1 Å². The summed E-state index contributed by atoms with van der Waals surface area (Å²) in [5.41, 5.74) is 2.66. The highest BCUT2D eigenvalue weighted by molar-refractivity contribution is 6.08. The first-order valence-corrected chi connectivity index (χ1v) is 11.1. The molecule has 4 aromatic rings. The van der Waals surface area contributed by atoms with E-state index in [4.69, 9.17) is 0 Å². The quantitative estimate of drug-likeness (QED) is 0.341. The second kappa shape index (κ2) is 10.9. The van der Waals surface area contributed by atoms with Gasteiger partial charge in [0.15, 0.2) is 0 Å². The number of hydrogen-bond acceptors (Lipinski definition) is 3. The summed E-state index contributed by atoms with van der Waals surface area (Å²) in [6.45, 7) is 0.339. The molecule has 8 heteroatoms. The van der Waals surface area contributed by atoms with Crippen LogP contribution in [-0.2, 0) is 23.9 Å². The first kappa shape index (κ1) is 24.7. The molecule has 0 bridgehead atoms. The van der Waals surface area contributed by atoms with Gasteiger partial charge in [0.05, 0.1) is 24.2 Å². The van der Waals surface area contributed by atoms with E-state index in [9.17, 15) is 22.8 Å². The van der Waals surface area contributed by atoms with Gasteiger partial charge in [0.2, 0.25) is 5.91 Å². The zero-order chi connectivity index (χ0) is 25.5. The minimum absolute atomic E-state index is 0.150. The molecule has 1 heterocycles. The maximum absolute atomic E-state index is 13.0. The van der Waals surface area contributed by atoms with Gasteiger partial charge in [-0.25, -0.2) is 0 Å². The minimum atomic E-state index is -4.43. The van der Waals surface area contributed by atoms with Crippen LogP contribution in [0.15, 0.2) is 97.2 Å². The average Bonchev–Trinajstić information content (AvgIpc) is 2.89. The van der Waals surface area contributed by atoms with Crippen LogP contribution in [0.5, 0.6) is 0 Å². The number of rotatable bonds is 7. The fraction of sp³-hybridized carbons (Fsp3) is 0.107. The topological polar surface area (TPSA) is 71.1 Å². The molecule has 36 heavy (non-hydrogen) atoms. The molecular weight excluding hydrogens is 467 g/mol. The number of pyridine rings is 1. The lowest BCUT2D eigenvalue weighted by Gasteiger charge is -2.12. The van der Waals surface area contributed by atoms with Crippen molar-refractivity contribution in [3.05, 3.63) is 120 Å². The number of hydrogen-bond donors (Lipinski definition) is 2. The molecule has 0 atom stereocenters. The molecular formula is C28H22F3N3O2. The largest absolute Gasteiger partial charge is 0.416 e. The van der Waals surface area contributed by atoms with E-state index in [2.05, 4.69) is 15.6 Å². The fourth-order valence-electron chi connectivity index (χ4n) is 3.62. The highest BCUT2D eigenvalue weighted by atomic mass is 19.4. The maximum atomic E-state index is 13.0. The number of carbonyl (C=O) groups excluding carboxylic acids is 2. The van der Waals surface area contributed by atoms with Crippen molar-refractivity contribution >= 4 is 17.5 Å². The number of carbonyl (C=O) groups is 2. The van der Waals surface area contributed by atoms with Crippen molar-refractivity contribution in [1.82, 2.24) is 10.3 Å². The molecule has 0 saturated heterocycles. The standard InChI is InChI=1S/C28H22F3N3O2/c29-28(30,31)21-12-10-20(11-13-21)24-6-1-2-7-25(24)27(36)34-22-14-8-19(9-15-22)17-26(35)33-18-23-5-3-4-16-32-23/h1-16H,17-18H2,(H,33,35)(H,34,36). The molecule has 3 aromatic carbocycles. The SMILES string of the molecule is O=C(Cc1ccc(NC(=O)c2ccccc2-c2ccc(C(F)(F)F)cc2)cc1)NCc1ccccn1. The minimum Gasteiger partial charge on any atom is -0.350 e. The van der Waals surface area contributed by atoms with E-state index in [-0.39, 0.29) is 12.3 Å². The Morgan fingerprint density at radius 2 is 1.50 bits per heavy atom. The van der Waals surface area contributed by atoms with Gasteiger partial charge in [-0.3, -0.25) is 14.6 Å². The number of alkyl halides is 3. The summed E-state index contributed by atoms with van der Waals surface area (Å²) in [6, 6.07) is 23.8. The van der Waals surface area contributed by atoms with Crippen molar-refractivity contribution < 1.29 is 22.8 Å². The Bertz CT molecular complexity index is 1340. The highest BCUT2D eigenvalue weighted by Crippen LogP contribution is 2.32. The predicted octanol–water partition coefficient (Wildman–Crippen LogP) is 5.88. The lowest BCUT2D eigenvalue weighted by Crippen LogP contribution is -2.24. The van der Waals surface area contributed by atoms with Gasteiger partial charge in [-0.1, -0.05) is 48.5 Å². The van der Waals surface area contributed by atoms with Crippen molar-refractivity contribution in [2.75, 3.05) is 5.32 Å². The Kier molecular flexibility index (Phi) is 7.44.